The molecule has 0 aliphatic carbocycles. The second-order valence-corrected chi connectivity index (χ2v) is 6.90. The summed E-state index contributed by atoms with van der Waals surface area (Å²) < 4.78 is 19.7. The standard InChI is InChI=1S/C24H23FN2O4/c1-3-31-24(30)19-15(2)27-21(20(19)17-11-7-8-12-18(17)25)22(28)23(29)26-14-13-16-9-5-4-6-10-16/h4-12,27H,3,13-14H2,1-2H3,(H,26,29). The Labute approximate surface area is 179 Å². The number of hydrogen-bond acceptors (Lipinski definition) is 4. The molecule has 1 heterocycles. The van der Waals surface area contributed by atoms with E-state index in [1.165, 1.54) is 18.2 Å². The Balaban J connectivity index is 1.91. The minimum Gasteiger partial charge on any atom is -0.462 e. The van der Waals surface area contributed by atoms with E-state index in [1.54, 1.807) is 19.9 Å². The number of benzene rings is 2. The number of aryl methyl sites for hydroxylation is 1. The van der Waals surface area contributed by atoms with E-state index in [0.29, 0.717) is 12.1 Å². The molecule has 1 aromatic heterocycles. The van der Waals surface area contributed by atoms with Crippen LogP contribution in [0, 0.1) is 12.7 Å². The van der Waals surface area contributed by atoms with Gasteiger partial charge in [-0.15, -0.1) is 0 Å². The molecule has 2 N–H and O–H groups in total. The molecule has 0 aliphatic rings. The molecule has 3 rings (SSSR count). The Kier molecular flexibility index (Phi) is 6.97. The molecule has 0 spiro atoms. The number of esters is 1. The summed E-state index contributed by atoms with van der Waals surface area (Å²) in [4.78, 5) is 40.8. The van der Waals surface area contributed by atoms with Crippen molar-refractivity contribution in [2.24, 2.45) is 0 Å². The number of amides is 1. The number of aromatic nitrogens is 1. The highest BCUT2D eigenvalue weighted by atomic mass is 19.1. The van der Waals surface area contributed by atoms with E-state index in [4.69, 9.17) is 4.74 Å². The number of rotatable bonds is 8. The number of H-pyrrole nitrogens is 1. The Morgan fingerprint density at radius 1 is 1.03 bits per heavy atom. The van der Waals surface area contributed by atoms with Crippen molar-refractivity contribution in [1.29, 1.82) is 0 Å². The summed E-state index contributed by atoms with van der Waals surface area (Å²) in [6.07, 6.45) is 0.553. The lowest BCUT2D eigenvalue weighted by atomic mass is 9.97. The summed E-state index contributed by atoms with van der Waals surface area (Å²) in [6.45, 7) is 3.59. The fourth-order valence-electron chi connectivity index (χ4n) is 3.35. The van der Waals surface area contributed by atoms with E-state index in [1.807, 2.05) is 30.3 Å². The molecule has 0 unspecified atom stereocenters. The summed E-state index contributed by atoms with van der Waals surface area (Å²) in [6, 6.07) is 15.3. The van der Waals surface area contributed by atoms with Gasteiger partial charge in [-0.1, -0.05) is 48.5 Å². The van der Waals surface area contributed by atoms with E-state index < -0.39 is 23.5 Å². The van der Waals surface area contributed by atoms with Crippen molar-refractivity contribution in [2.45, 2.75) is 20.3 Å². The van der Waals surface area contributed by atoms with Crippen molar-refractivity contribution in [3.8, 4) is 11.1 Å². The maximum atomic E-state index is 14.6. The van der Waals surface area contributed by atoms with Crippen molar-refractivity contribution >= 4 is 17.7 Å². The number of carbonyl (C=O) groups is 3. The minimum absolute atomic E-state index is 0.0252. The molecule has 7 heteroatoms. The lowest BCUT2D eigenvalue weighted by Crippen LogP contribution is -2.33. The first kappa shape index (κ1) is 22.0. The van der Waals surface area contributed by atoms with Crippen LogP contribution in [0.15, 0.2) is 54.6 Å². The zero-order chi connectivity index (χ0) is 22.4. The molecule has 31 heavy (non-hydrogen) atoms. The number of aromatic amines is 1. The first-order valence-corrected chi connectivity index (χ1v) is 9.95. The Morgan fingerprint density at radius 3 is 2.39 bits per heavy atom. The lowest BCUT2D eigenvalue weighted by Gasteiger charge is -2.09. The maximum absolute atomic E-state index is 14.6. The third-order valence-corrected chi connectivity index (χ3v) is 4.79. The van der Waals surface area contributed by atoms with Crippen molar-refractivity contribution in [3.05, 3.63) is 82.9 Å². The molecule has 0 radical (unpaired) electrons. The second kappa shape index (κ2) is 9.84. The van der Waals surface area contributed by atoms with Crippen molar-refractivity contribution in [2.75, 3.05) is 13.2 Å². The smallest absolute Gasteiger partial charge is 0.340 e. The first-order chi connectivity index (χ1) is 14.9. The van der Waals surface area contributed by atoms with Crippen LogP contribution in [0.2, 0.25) is 0 Å². The normalized spacial score (nSPS) is 10.5. The lowest BCUT2D eigenvalue weighted by molar-refractivity contribution is -0.117. The summed E-state index contributed by atoms with van der Waals surface area (Å²) in [5.41, 5.74) is 1.28. The molecule has 2 aromatic carbocycles. The number of nitrogens with one attached hydrogen (secondary N) is 2. The van der Waals surface area contributed by atoms with Gasteiger partial charge in [0, 0.05) is 23.4 Å². The van der Waals surface area contributed by atoms with Crippen LogP contribution in [0.4, 0.5) is 4.39 Å². The molecular formula is C24H23FN2O4. The van der Waals surface area contributed by atoms with Gasteiger partial charge in [0.2, 0.25) is 0 Å². The van der Waals surface area contributed by atoms with Gasteiger partial charge in [-0.2, -0.15) is 0 Å². The monoisotopic (exact) mass is 422 g/mol. The van der Waals surface area contributed by atoms with Crippen molar-refractivity contribution < 1.29 is 23.5 Å². The topological polar surface area (TPSA) is 88.3 Å². The predicted octanol–water partition coefficient (Wildman–Crippen LogP) is 3.85. The van der Waals surface area contributed by atoms with E-state index in [9.17, 15) is 18.8 Å². The molecule has 0 bridgehead atoms. The number of halogens is 1. The Morgan fingerprint density at radius 2 is 1.71 bits per heavy atom. The number of ketones is 1. The molecule has 0 aliphatic heterocycles. The highest BCUT2D eigenvalue weighted by molar-refractivity contribution is 6.43. The predicted molar refractivity (Wildman–Crippen MR) is 114 cm³/mol. The minimum atomic E-state index is -0.884. The second-order valence-electron chi connectivity index (χ2n) is 6.90. The maximum Gasteiger partial charge on any atom is 0.340 e. The Bertz CT molecular complexity index is 1110. The number of ether oxygens (including phenoxy) is 1. The molecule has 0 fully saturated rings. The third kappa shape index (κ3) is 4.88. The van der Waals surface area contributed by atoms with Crippen LogP contribution < -0.4 is 5.32 Å². The van der Waals surface area contributed by atoms with E-state index in [2.05, 4.69) is 10.3 Å². The fraction of sp³-hybridized carbons (Fsp3) is 0.208. The van der Waals surface area contributed by atoms with Gasteiger partial charge < -0.3 is 15.0 Å². The van der Waals surface area contributed by atoms with Crippen molar-refractivity contribution in [1.82, 2.24) is 10.3 Å². The molecule has 6 nitrogen and oxygen atoms in total. The molecule has 3 aromatic rings. The molecule has 0 atom stereocenters. The Hall–Kier alpha value is -3.74. The van der Waals surface area contributed by atoms with Gasteiger partial charge >= 0.3 is 5.97 Å². The molecule has 160 valence electrons. The molecule has 1 amide bonds. The highest BCUT2D eigenvalue weighted by Crippen LogP contribution is 2.33. The average molecular weight is 422 g/mol. The average Bonchev–Trinajstić information content (AvgIpc) is 3.11. The third-order valence-electron chi connectivity index (χ3n) is 4.79. The largest absolute Gasteiger partial charge is 0.462 e. The van der Waals surface area contributed by atoms with Gasteiger partial charge in [0.05, 0.1) is 12.2 Å². The van der Waals surface area contributed by atoms with E-state index >= 15 is 0 Å². The van der Waals surface area contributed by atoms with Crippen LogP contribution in [0.1, 0.15) is 39.0 Å². The van der Waals surface area contributed by atoms with Crippen molar-refractivity contribution in [3.63, 3.8) is 0 Å². The van der Waals surface area contributed by atoms with Gasteiger partial charge in [0.15, 0.2) is 0 Å². The SMILES string of the molecule is CCOC(=O)c1c(C)[nH]c(C(=O)C(=O)NCCc2ccccc2)c1-c1ccccc1F. The van der Waals surface area contributed by atoms with E-state index in [0.717, 1.165) is 5.56 Å². The zero-order valence-electron chi connectivity index (χ0n) is 17.3. The quantitative estimate of drug-likeness (QED) is 0.328. The number of hydrogen-bond donors (Lipinski definition) is 2. The van der Waals surface area contributed by atoms with Crippen LogP contribution in [0.3, 0.4) is 0 Å². The molecule has 0 saturated carbocycles. The molecular weight excluding hydrogens is 399 g/mol. The summed E-state index contributed by atoms with van der Waals surface area (Å²) in [5, 5.41) is 2.59. The van der Waals surface area contributed by atoms with E-state index in [-0.39, 0.29) is 35.5 Å². The zero-order valence-corrected chi connectivity index (χ0v) is 17.3. The van der Waals surface area contributed by atoms with Crippen LogP contribution in [0.5, 0.6) is 0 Å². The van der Waals surface area contributed by atoms with Gasteiger partial charge in [-0.3, -0.25) is 9.59 Å². The fourth-order valence-corrected chi connectivity index (χ4v) is 3.35. The summed E-state index contributed by atoms with van der Waals surface area (Å²) in [5.74, 6) is -3.04. The number of carbonyl (C=O) groups excluding carboxylic acids is 3. The number of Topliss-reactive ketones (excluding diaryl/α,β-unsaturated/α-hetero) is 1. The van der Waals surface area contributed by atoms with Crippen LogP contribution >= 0.6 is 0 Å². The summed E-state index contributed by atoms with van der Waals surface area (Å²) in [7, 11) is 0. The van der Waals surface area contributed by atoms with Gasteiger partial charge in [-0.05, 0) is 31.9 Å². The first-order valence-electron chi connectivity index (χ1n) is 9.95. The van der Waals surface area contributed by atoms with Crippen LogP contribution in [-0.2, 0) is 16.0 Å². The van der Waals surface area contributed by atoms with Crippen LogP contribution in [-0.4, -0.2) is 35.8 Å². The van der Waals surface area contributed by atoms with Gasteiger partial charge in [-0.25, -0.2) is 9.18 Å². The summed E-state index contributed by atoms with van der Waals surface area (Å²) >= 11 is 0. The van der Waals surface area contributed by atoms with Gasteiger partial charge in [0.1, 0.15) is 11.5 Å². The van der Waals surface area contributed by atoms with Crippen LogP contribution in [0.25, 0.3) is 11.1 Å². The highest BCUT2D eigenvalue weighted by Gasteiger charge is 2.30. The molecule has 0 saturated heterocycles. The van der Waals surface area contributed by atoms with Gasteiger partial charge in [0.25, 0.3) is 11.7 Å².